The van der Waals surface area contributed by atoms with Crippen LogP contribution in [0.25, 0.3) is 0 Å². The summed E-state index contributed by atoms with van der Waals surface area (Å²) < 4.78 is 0. The third-order valence-electron chi connectivity index (χ3n) is 3.83. The lowest BCUT2D eigenvalue weighted by Crippen LogP contribution is -2.47. The van der Waals surface area contributed by atoms with Crippen LogP contribution >= 0.6 is 0 Å². The Morgan fingerprint density at radius 2 is 1.85 bits per heavy atom. The molecule has 2 aliphatic rings. The van der Waals surface area contributed by atoms with Gasteiger partial charge >= 0.3 is 0 Å². The van der Waals surface area contributed by atoms with Gasteiger partial charge in [0, 0.05) is 25.6 Å². The van der Waals surface area contributed by atoms with Crippen molar-refractivity contribution in [2.75, 3.05) is 26.2 Å². The number of carbonyl (C=O) groups is 3. The molecule has 1 saturated carbocycles. The zero-order chi connectivity index (χ0) is 14.5. The van der Waals surface area contributed by atoms with Crippen molar-refractivity contribution in [2.45, 2.75) is 32.6 Å². The van der Waals surface area contributed by atoms with Crippen LogP contribution in [0.1, 0.15) is 32.6 Å². The van der Waals surface area contributed by atoms with Gasteiger partial charge in [0.25, 0.3) is 0 Å². The third kappa shape index (κ3) is 3.95. The lowest BCUT2D eigenvalue weighted by molar-refractivity contribution is -0.137. The van der Waals surface area contributed by atoms with Crippen molar-refractivity contribution in [3.05, 3.63) is 0 Å². The van der Waals surface area contributed by atoms with E-state index in [0.29, 0.717) is 13.1 Å². The third-order valence-corrected chi connectivity index (χ3v) is 3.83. The van der Waals surface area contributed by atoms with Gasteiger partial charge in [-0.1, -0.05) is 0 Å². The number of amides is 3. The maximum absolute atomic E-state index is 12.0. The molecule has 20 heavy (non-hydrogen) atoms. The quantitative estimate of drug-likeness (QED) is 0.738. The SMILES string of the molecule is CCNC(=O)CNC(=O)[C@H]1CCCN(C(=O)C2CC2)C1. The van der Waals surface area contributed by atoms with Crippen LogP contribution in [0.5, 0.6) is 0 Å². The molecule has 0 bridgehead atoms. The van der Waals surface area contributed by atoms with E-state index in [0.717, 1.165) is 32.2 Å². The van der Waals surface area contributed by atoms with Crippen molar-refractivity contribution in [1.29, 1.82) is 0 Å². The van der Waals surface area contributed by atoms with Gasteiger partial charge < -0.3 is 15.5 Å². The molecule has 1 saturated heterocycles. The van der Waals surface area contributed by atoms with E-state index in [1.54, 1.807) is 0 Å². The van der Waals surface area contributed by atoms with Gasteiger partial charge in [-0.15, -0.1) is 0 Å². The van der Waals surface area contributed by atoms with Crippen LogP contribution in [0.3, 0.4) is 0 Å². The summed E-state index contributed by atoms with van der Waals surface area (Å²) in [4.78, 5) is 37.2. The fraction of sp³-hybridized carbons (Fsp3) is 0.786. The highest BCUT2D eigenvalue weighted by molar-refractivity contribution is 5.87. The fourth-order valence-corrected chi connectivity index (χ4v) is 2.55. The first-order chi connectivity index (χ1) is 9.61. The molecule has 2 fully saturated rings. The number of hydrogen-bond donors (Lipinski definition) is 2. The predicted octanol–water partition coefficient (Wildman–Crippen LogP) is -0.113. The fourth-order valence-electron chi connectivity index (χ4n) is 2.55. The van der Waals surface area contributed by atoms with Gasteiger partial charge in [-0.05, 0) is 32.6 Å². The van der Waals surface area contributed by atoms with Crippen LogP contribution in [-0.2, 0) is 14.4 Å². The highest BCUT2D eigenvalue weighted by Crippen LogP contribution is 2.32. The van der Waals surface area contributed by atoms with E-state index >= 15 is 0 Å². The highest BCUT2D eigenvalue weighted by atomic mass is 16.2. The smallest absolute Gasteiger partial charge is 0.239 e. The van der Waals surface area contributed by atoms with Crippen molar-refractivity contribution in [1.82, 2.24) is 15.5 Å². The zero-order valence-corrected chi connectivity index (χ0v) is 12.0. The normalized spacial score (nSPS) is 22.2. The molecule has 3 amide bonds. The van der Waals surface area contributed by atoms with E-state index in [1.165, 1.54) is 0 Å². The average molecular weight is 281 g/mol. The summed E-state index contributed by atoms with van der Waals surface area (Å²) in [5.41, 5.74) is 0. The van der Waals surface area contributed by atoms with E-state index in [-0.39, 0.29) is 36.1 Å². The molecule has 6 heteroatoms. The van der Waals surface area contributed by atoms with E-state index in [2.05, 4.69) is 10.6 Å². The molecule has 1 heterocycles. The number of likely N-dealkylation sites (tertiary alicyclic amines) is 1. The molecule has 2 rings (SSSR count). The topological polar surface area (TPSA) is 78.5 Å². The molecule has 1 aliphatic heterocycles. The van der Waals surface area contributed by atoms with Gasteiger partial charge in [0.15, 0.2) is 0 Å². The molecular weight excluding hydrogens is 258 g/mol. The average Bonchev–Trinajstić information content (AvgIpc) is 3.29. The number of rotatable bonds is 5. The molecular formula is C14H23N3O3. The summed E-state index contributed by atoms with van der Waals surface area (Å²) in [5, 5.41) is 5.29. The molecule has 0 aromatic heterocycles. The molecule has 1 aliphatic carbocycles. The molecule has 6 nitrogen and oxygen atoms in total. The summed E-state index contributed by atoms with van der Waals surface area (Å²) in [6, 6.07) is 0. The number of nitrogens with zero attached hydrogens (tertiary/aromatic N) is 1. The standard InChI is InChI=1S/C14H23N3O3/c1-2-15-12(18)8-16-13(19)11-4-3-7-17(9-11)14(20)10-5-6-10/h10-11H,2-9H2,1H3,(H,15,18)(H,16,19)/t11-/m0/s1. The zero-order valence-electron chi connectivity index (χ0n) is 12.0. The predicted molar refractivity (Wildman–Crippen MR) is 73.7 cm³/mol. The molecule has 0 aromatic rings. The first-order valence-corrected chi connectivity index (χ1v) is 7.45. The Balaban J connectivity index is 1.77. The molecule has 0 spiro atoms. The van der Waals surface area contributed by atoms with Crippen molar-refractivity contribution in [3.63, 3.8) is 0 Å². The Morgan fingerprint density at radius 1 is 1.10 bits per heavy atom. The van der Waals surface area contributed by atoms with Crippen LogP contribution in [0.2, 0.25) is 0 Å². The summed E-state index contributed by atoms with van der Waals surface area (Å²) in [6.07, 6.45) is 3.63. The van der Waals surface area contributed by atoms with Crippen LogP contribution in [0.15, 0.2) is 0 Å². The van der Waals surface area contributed by atoms with Crippen molar-refractivity contribution < 1.29 is 14.4 Å². The Labute approximate surface area is 119 Å². The van der Waals surface area contributed by atoms with Gasteiger partial charge in [0.2, 0.25) is 17.7 Å². The molecule has 0 radical (unpaired) electrons. The summed E-state index contributed by atoms with van der Waals surface area (Å²) >= 11 is 0. The number of carbonyl (C=O) groups excluding carboxylic acids is 3. The second kappa shape index (κ2) is 6.72. The van der Waals surface area contributed by atoms with E-state index in [1.807, 2.05) is 11.8 Å². The first kappa shape index (κ1) is 14.8. The van der Waals surface area contributed by atoms with Gasteiger partial charge in [-0.2, -0.15) is 0 Å². The Bertz CT molecular complexity index is 393. The van der Waals surface area contributed by atoms with Crippen LogP contribution in [-0.4, -0.2) is 48.8 Å². The summed E-state index contributed by atoms with van der Waals surface area (Å²) in [7, 11) is 0. The molecule has 112 valence electrons. The molecule has 1 atom stereocenters. The number of nitrogens with one attached hydrogen (secondary N) is 2. The highest BCUT2D eigenvalue weighted by Gasteiger charge is 2.36. The molecule has 0 unspecified atom stereocenters. The van der Waals surface area contributed by atoms with Gasteiger partial charge in [-0.25, -0.2) is 0 Å². The number of hydrogen-bond acceptors (Lipinski definition) is 3. The maximum Gasteiger partial charge on any atom is 0.239 e. The second-order valence-corrected chi connectivity index (χ2v) is 5.57. The lowest BCUT2D eigenvalue weighted by Gasteiger charge is -2.32. The minimum absolute atomic E-state index is 0.0136. The van der Waals surface area contributed by atoms with E-state index in [4.69, 9.17) is 0 Å². The van der Waals surface area contributed by atoms with Gasteiger partial charge in [0.05, 0.1) is 12.5 Å². The first-order valence-electron chi connectivity index (χ1n) is 7.45. The molecule has 2 N–H and O–H groups in total. The largest absolute Gasteiger partial charge is 0.355 e. The van der Waals surface area contributed by atoms with Gasteiger partial charge in [-0.3, -0.25) is 14.4 Å². The number of likely N-dealkylation sites (N-methyl/N-ethyl adjacent to an activating group) is 1. The minimum atomic E-state index is -0.180. The minimum Gasteiger partial charge on any atom is -0.355 e. The Hall–Kier alpha value is -1.59. The van der Waals surface area contributed by atoms with Crippen molar-refractivity contribution in [2.24, 2.45) is 11.8 Å². The van der Waals surface area contributed by atoms with Crippen LogP contribution in [0.4, 0.5) is 0 Å². The second-order valence-electron chi connectivity index (χ2n) is 5.57. The Kier molecular flexibility index (Phi) is 4.98. The van der Waals surface area contributed by atoms with E-state index < -0.39 is 0 Å². The van der Waals surface area contributed by atoms with E-state index in [9.17, 15) is 14.4 Å². The van der Waals surface area contributed by atoms with Crippen LogP contribution < -0.4 is 10.6 Å². The van der Waals surface area contributed by atoms with Crippen LogP contribution in [0, 0.1) is 11.8 Å². The summed E-state index contributed by atoms with van der Waals surface area (Å²) in [6.45, 7) is 3.66. The molecule has 0 aromatic carbocycles. The summed E-state index contributed by atoms with van der Waals surface area (Å²) in [5.74, 6) is -0.0774. The monoisotopic (exact) mass is 281 g/mol. The van der Waals surface area contributed by atoms with Gasteiger partial charge in [0.1, 0.15) is 0 Å². The Morgan fingerprint density at radius 3 is 2.50 bits per heavy atom. The lowest BCUT2D eigenvalue weighted by atomic mass is 9.96. The number of piperidine rings is 1. The van der Waals surface area contributed by atoms with Crippen molar-refractivity contribution >= 4 is 17.7 Å². The van der Waals surface area contributed by atoms with Crippen molar-refractivity contribution in [3.8, 4) is 0 Å². The maximum atomic E-state index is 12.0.